The Morgan fingerprint density at radius 2 is 0.661 bits per heavy atom. The molecule has 0 saturated carbocycles. The lowest BCUT2D eigenvalue weighted by Crippen LogP contribution is -2.30. The largest absolute Gasteiger partial charge is 0.462 e. The van der Waals surface area contributed by atoms with Crippen LogP contribution in [0.4, 0.5) is 0 Å². The van der Waals surface area contributed by atoms with Crippen LogP contribution in [0.25, 0.3) is 0 Å². The minimum absolute atomic E-state index is 0.0779. The molecule has 6 nitrogen and oxygen atoms in total. The molecule has 0 spiro atoms. The molecule has 326 valence electrons. The van der Waals surface area contributed by atoms with Crippen LogP contribution in [-0.4, -0.2) is 37.2 Å². The van der Waals surface area contributed by atoms with Crippen molar-refractivity contribution in [1.29, 1.82) is 0 Å². The lowest BCUT2D eigenvalue weighted by Gasteiger charge is -2.18. The third kappa shape index (κ3) is 42.8. The van der Waals surface area contributed by atoms with E-state index in [1.54, 1.807) is 0 Å². The van der Waals surface area contributed by atoms with E-state index in [0.717, 1.165) is 89.9 Å². The van der Waals surface area contributed by atoms with Crippen LogP contribution in [0.1, 0.15) is 245 Å². The van der Waals surface area contributed by atoms with E-state index in [0.29, 0.717) is 19.3 Å². The Morgan fingerprint density at radius 1 is 0.357 bits per heavy atom. The van der Waals surface area contributed by atoms with Crippen molar-refractivity contribution in [1.82, 2.24) is 0 Å². The number of hydrogen-bond acceptors (Lipinski definition) is 6. The zero-order chi connectivity index (χ0) is 40.8. The Balaban J connectivity index is 4.37. The van der Waals surface area contributed by atoms with Crippen molar-refractivity contribution in [2.24, 2.45) is 0 Å². The van der Waals surface area contributed by atoms with Crippen molar-refractivity contribution in [2.75, 3.05) is 13.2 Å². The monoisotopic (exact) mass is 787 g/mol. The maximum atomic E-state index is 12.7. The molecule has 56 heavy (non-hydrogen) atoms. The second kappa shape index (κ2) is 45.3. The molecule has 1 unspecified atom stereocenters. The number of allylic oxidation sites excluding steroid dienone is 6. The Morgan fingerprint density at radius 3 is 1.07 bits per heavy atom. The number of esters is 3. The highest BCUT2D eigenvalue weighted by atomic mass is 16.6. The summed E-state index contributed by atoms with van der Waals surface area (Å²) >= 11 is 0. The quantitative estimate of drug-likeness (QED) is 0.0265. The zero-order valence-corrected chi connectivity index (χ0v) is 37.2. The Bertz CT molecular complexity index is 953. The second-order valence-corrected chi connectivity index (χ2v) is 16.0. The third-order valence-electron chi connectivity index (χ3n) is 10.4. The zero-order valence-electron chi connectivity index (χ0n) is 37.2. The predicted octanol–water partition coefficient (Wildman–Crippen LogP) is 15.4. The predicted molar refractivity (Wildman–Crippen MR) is 238 cm³/mol. The summed E-state index contributed by atoms with van der Waals surface area (Å²) in [5.74, 6) is -0.899. The van der Waals surface area contributed by atoms with Crippen molar-refractivity contribution in [3.05, 3.63) is 36.5 Å². The van der Waals surface area contributed by atoms with Gasteiger partial charge in [-0.2, -0.15) is 0 Å². The summed E-state index contributed by atoms with van der Waals surface area (Å²) in [6.07, 6.45) is 51.2. The number of rotatable bonds is 43. The molecular weight excluding hydrogens is 697 g/mol. The molecule has 0 aromatic carbocycles. The molecule has 0 saturated heterocycles. The van der Waals surface area contributed by atoms with Crippen LogP contribution in [0.2, 0.25) is 0 Å². The molecule has 0 aliphatic heterocycles. The van der Waals surface area contributed by atoms with Gasteiger partial charge < -0.3 is 14.2 Å². The van der Waals surface area contributed by atoms with Crippen molar-refractivity contribution in [3.8, 4) is 0 Å². The van der Waals surface area contributed by atoms with Gasteiger partial charge in [0.25, 0.3) is 0 Å². The Labute approximate surface area is 346 Å². The van der Waals surface area contributed by atoms with Gasteiger partial charge in [0.2, 0.25) is 0 Å². The lowest BCUT2D eigenvalue weighted by atomic mass is 10.1. The summed E-state index contributed by atoms with van der Waals surface area (Å²) < 4.78 is 16.7. The summed E-state index contributed by atoms with van der Waals surface area (Å²) in [6.45, 7) is 6.56. The SMILES string of the molecule is CCCC/C=C\CCCCCCCC(=O)OC(COC(=O)CCCCCCC/C=C\C/C=C\CCCCCC)COC(=O)CCCCCCCCCCCCC. The first-order valence-corrected chi connectivity index (χ1v) is 24.0. The van der Waals surface area contributed by atoms with Crippen LogP contribution in [0, 0.1) is 0 Å². The van der Waals surface area contributed by atoms with Crippen LogP contribution < -0.4 is 0 Å². The molecule has 0 amide bonds. The summed E-state index contributed by atoms with van der Waals surface area (Å²) in [4.78, 5) is 37.8. The highest BCUT2D eigenvalue weighted by Crippen LogP contribution is 2.14. The maximum absolute atomic E-state index is 12.7. The molecule has 0 rings (SSSR count). The van der Waals surface area contributed by atoms with Crippen LogP contribution in [0.15, 0.2) is 36.5 Å². The molecule has 0 aliphatic carbocycles. The van der Waals surface area contributed by atoms with E-state index in [4.69, 9.17) is 14.2 Å². The van der Waals surface area contributed by atoms with Crippen molar-refractivity contribution in [2.45, 2.75) is 252 Å². The molecule has 0 radical (unpaired) electrons. The van der Waals surface area contributed by atoms with Crippen molar-refractivity contribution < 1.29 is 28.6 Å². The van der Waals surface area contributed by atoms with Crippen LogP contribution in [-0.2, 0) is 28.6 Å². The van der Waals surface area contributed by atoms with Gasteiger partial charge in [0, 0.05) is 19.3 Å². The first-order valence-electron chi connectivity index (χ1n) is 24.0. The fraction of sp³-hybridized carbons (Fsp3) is 0.820. The number of ether oxygens (including phenoxy) is 3. The minimum Gasteiger partial charge on any atom is -0.462 e. The molecule has 0 aromatic heterocycles. The molecular formula is C50H90O6. The molecule has 0 heterocycles. The topological polar surface area (TPSA) is 78.9 Å². The van der Waals surface area contributed by atoms with Crippen molar-refractivity contribution >= 4 is 17.9 Å². The lowest BCUT2D eigenvalue weighted by molar-refractivity contribution is -0.167. The van der Waals surface area contributed by atoms with Gasteiger partial charge in [-0.25, -0.2) is 0 Å². The molecule has 0 fully saturated rings. The van der Waals surface area contributed by atoms with Gasteiger partial charge in [-0.3, -0.25) is 14.4 Å². The number of unbranched alkanes of at least 4 members (excludes halogenated alkanes) is 26. The average Bonchev–Trinajstić information content (AvgIpc) is 3.19. The van der Waals surface area contributed by atoms with E-state index in [9.17, 15) is 14.4 Å². The van der Waals surface area contributed by atoms with Gasteiger partial charge in [0.1, 0.15) is 13.2 Å². The standard InChI is InChI=1S/C50H90O6/c1-4-7-10-13-16-19-22-23-24-25-26-29-31-34-37-40-43-49(52)55-46-47(56-50(53)44-41-38-35-32-28-21-18-15-12-9-6-3)45-54-48(51)42-39-36-33-30-27-20-17-14-11-8-5-2/h15,18-19,22,24-25,47H,4-14,16-17,20-21,23,26-46H2,1-3H3/b18-15-,22-19-,25-24-. The molecule has 0 bridgehead atoms. The summed E-state index contributed by atoms with van der Waals surface area (Å²) in [7, 11) is 0. The Hall–Kier alpha value is -2.37. The van der Waals surface area contributed by atoms with Crippen molar-refractivity contribution in [3.63, 3.8) is 0 Å². The van der Waals surface area contributed by atoms with E-state index in [1.165, 1.54) is 116 Å². The van der Waals surface area contributed by atoms with E-state index in [1.807, 2.05) is 0 Å². The number of carbonyl (C=O) groups is 3. The summed E-state index contributed by atoms with van der Waals surface area (Å²) in [5.41, 5.74) is 0. The maximum Gasteiger partial charge on any atom is 0.306 e. The van der Waals surface area contributed by atoms with Gasteiger partial charge in [-0.15, -0.1) is 0 Å². The first-order chi connectivity index (χ1) is 27.5. The molecule has 0 aliphatic rings. The van der Waals surface area contributed by atoms with Gasteiger partial charge in [0.15, 0.2) is 6.10 Å². The fourth-order valence-corrected chi connectivity index (χ4v) is 6.69. The molecule has 6 heteroatoms. The molecule has 1 atom stereocenters. The van der Waals surface area contributed by atoms with Gasteiger partial charge in [0.05, 0.1) is 0 Å². The van der Waals surface area contributed by atoms with Crippen LogP contribution in [0.5, 0.6) is 0 Å². The highest BCUT2D eigenvalue weighted by molar-refractivity contribution is 5.71. The van der Waals surface area contributed by atoms with Gasteiger partial charge in [-0.1, -0.05) is 192 Å². The second-order valence-electron chi connectivity index (χ2n) is 16.0. The van der Waals surface area contributed by atoms with E-state index < -0.39 is 6.10 Å². The number of carbonyl (C=O) groups excluding carboxylic acids is 3. The van der Waals surface area contributed by atoms with E-state index in [-0.39, 0.29) is 31.1 Å². The highest BCUT2D eigenvalue weighted by Gasteiger charge is 2.19. The number of hydrogen-bond donors (Lipinski definition) is 0. The van der Waals surface area contributed by atoms with Crippen LogP contribution in [0.3, 0.4) is 0 Å². The first kappa shape index (κ1) is 53.6. The van der Waals surface area contributed by atoms with Gasteiger partial charge >= 0.3 is 17.9 Å². The van der Waals surface area contributed by atoms with E-state index >= 15 is 0 Å². The normalized spacial score (nSPS) is 12.3. The minimum atomic E-state index is -0.776. The molecule has 0 N–H and O–H groups in total. The summed E-state index contributed by atoms with van der Waals surface area (Å²) in [5, 5.41) is 0. The molecule has 0 aromatic rings. The van der Waals surface area contributed by atoms with Crippen LogP contribution >= 0.6 is 0 Å². The Kier molecular flexibility index (Phi) is 43.4. The fourth-order valence-electron chi connectivity index (χ4n) is 6.69. The van der Waals surface area contributed by atoms with Gasteiger partial charge in [-0.05, 0) is 70.6 Å². The smallest absolute Gasteiger partial charge is 0.306 e. The summed E-state index contributed by atoms with van der Waals surface area (Å²) in [6, 6.07) is 0. The average molecular weight is 787 g/mol. The third-order valence-corrected chi connectivity index (χ3v) is 10.4. The van der Waals surface area contributed by atoms with E-state index in [2.05, 4.69) is 57.2 Å².